The minimum absolute atomic E-state index is 0.539. The van der Waals surface area contributed by atoms with Gasteiger partial charge in [-0.25, -0.2) is 4.68 Å². The molecule has 26 heavy (non-hydrogen) atoms. The highest BCUT2D eigenvalue weighted by molar-refractivity contribution is 5.73. The molecular weight excluding hydrogens is 322 g/mol. The van der Waals surface area contributed by atoms with Gasteiger partial charge >= 0.3 is 0 Å². The van der Waals surface area contributed by atoms with Crippen molar-refractivity contribution in [3.63, 3.8) is 0 Å². The lowest BCUT2D eigenvalue weighted by Crippen LogP contribution is -2.21. The maximum Gasteiger partial charge on any atom is 0.127 e. The van der Waals surface area contributed by atoms with Gasteiger partial charge in [0, 0.05) is 17.3 Å². The van der Waals surface area contributed by atoms with Crippen LogP contribution in [0.15, 0.2) is 66.2 Å². The van der Waals surface area contributed by atoms with Gasteiger partial charge in [-0.1, -0.05) is 48.0 Å². The number of nitriles is 1. The van der Waals surface area contributed by atoms with Crippen molar-refractivity contribution in [2.45, 2.75) is 6.92 Å². The Hall–Kier alpha value is -3.52. The first-order chi connectivity index (χ1) is 12.7. The van der Waals surface area contributed by atoms with E-state index in [4.69, 9.17) is 5.73 Å². The van der Waals surface area contributed by atoms with E-state index in [9.17, 15) is 5.26 Å². The van der Waals surface area contributed by atoms with Crippen molar-refractivity contribution >= 4 is 17.2 Å². The Morgan fingerprint density at radius 2 is 1.77 bits per heavy atom. The van der Waals surface area contributed by atoms with E-state index >= 15 is 0 Å². The smallest absolute Gasteiger partial charge is 0.127 e. The Morgan fingerprint density at radius 1 is 1.04 bits per heavy atom. The van der Waals surface area contributed by atoms with Crippen molar-refractivity contribution in [2.75, 3.05) is 23.7 Å². The normalized spacial score (nSPS) is 13.9. The molecule has 1 aromatic heterocycles. The highest BCUT2D eigenvalue weighted by Crippen LogP contribution is 2.30. The number of rotatable bonds is 3. The van der Waals surface area contributed by atoms with Gasteiger partial charge in [0.2, 0.25) is 0 Å². The fourth-order valence-corrected chi connectivity index (χ4v) is 3.21. The molecule has 3 aromatic rings. The summed E-state index contributed by atoms with van der Waals surface area (Å²) in [6, 6.07) is 22.4. The second-order valence-electron chi connectivity index (χ2n) is 6.46. The molecule has 5 nitrogen and oxygen atoms in total. The zero-order valence-electron chi connectivity index (χ0n) is 14.6. The molecule has 2 N–H and O–H groups in total. The summed E-state index contributed by atoms with van der Waals surface area (Å²) >= 11 is 0. The topological polar surface area (TPSA) is 70.9 Å². The zero-order chi connectivity index (χ0) is 18.1. The van der Waals surface area contributed by atoms with Crippen LogP contribution in [0.2, 0.25) is 0 Å². The lowest BCUT2D eigenvalue weighted by molar-refractivity contribution is 0.884. The standard InChI is InChI=1S/C21H19N5/c1-15-7-9-18(10-8-15)25-13-17(12-22)20(14-25)26-21(23)11-19(24-26)16-5-3-2-4-6-16/h2-11H,13-14,23H2,1H3. The predicted molar refractivity (Wildman–Crippen MR) is 104 cm³/mol. The number of nitrogen functional groups attached to an aromatic ring is 1. The van der Waals surface area contributed by atoms with E-state index < -0.39 is 0 Å². The van der Waals surface area contributed by atoms with E-state index in [2.05, 4.69) is 47.3 Å². The lowest BCUT2D eigenvalue weighted by atomic mass is 10.2. The Kier molecular flexibility index (Phi) is 3.94. The van der Waals surface area contributed by atoms with E-state index in [1.807, 2.05) is 36.4 Å². The summed E-state index contributed by atoms with van der Waals surface area (Å²) in [6.07, 6.45) is 0. The molecule has 2 heterocycles. The van der Waals surface area contributed by atoms with Crippen LogP contribution in [0.5, 0.6) is 0 Å². The van der Waals surface area contributed by atoms with Crippen LogP contribution in [0.25, 0.3) is 17.0 Å². The summed E-state index contributed by atoms with van der Waals surface area (Å²) in [5.41, 5.74) is 11.9. The summed E-state index contributed by atoms with van der Waals surface area (Å²) in [5, 5.41) is 14.3. The van der Waals surface area contributed by atoms with Crippen LogP contribution in [-0.4, -0.2) is 22.9 Å². The fraction of sp³-hybridized carbons (Fsp3) is 0.143. The molecule has 4 rings (SSSR count). The van der Waals surface area contributed by atoms with Crippen molar-refractivity contribution in [2.24, 2.45) is 0 Å². The molecule has 0 amide bonds. The third kappa shape index (κ3) is 2.82. The van der Waals surface area contributed by atoms with E-state index in [1.165, 1.54) is 5.56 Å². The molecule has 0 aliphatic carbocycles. The summed E-state index contributed by atoms with van der Waals surface area (Å²) in [7, 11) is 0. The first-order valence-corrected chi connectivity index (χ1v) is 8.51. The Balaban J connectivity index is 1.67. The van der Waals surface area contributed by atoms with E-state index in [0.29, 0.717) is 24.5 Å². The fourth-order valence-electron chi connectivity index (χ4n) is 3.21. The van der Waals surface area contributed by atoms with Crippen molar-refractivity contribution in [1.29, 1.82) is 5.26 Å². The monoisotopic (exact) mass is 341 g/mol. The van der Waals surface area contributed by atoms with Crippen molar-refractivity contribution in [1.82, 2.24) is 9.78 Å². The van der Waals surface area contributed by atoms with Gasteiger partial charge in [0.15, 0.2) is 0 Å². The SMILES string of the molecule is Cc1ccc(N2CC(C#N)=C(n3nc(-c4ccccc4)cc3N)C2)cc1. The molecule has 128 valence electrons. The number of aromatic nitrogens is 2. The summed E-state index contributed by atoms with van der Waals surface area (Å²) in [4.78, 5) is 2.16. The number of hydrogen-bond acceptors (Lipinski definition) is 4. The van der Waals surface area contributed by atoms with Gasteiger partial charge in [0.1, 0.15) is 5.82 Å². The lowest BCUT2D eigenvalue weighted by Gasteiger charge is -2.18. The molecule has 0 bridgehead atoms. The van der Waals surface area contributed by atoms with Crippen LogP contribution in [0, 0.1) is 18.3 Å². The molecule has 0 saturated heterocycles. The van der Waals surface area contributed by atoms with Gasteiger partial charge in [-0.15, -0.1) is 0 Å². The zero-order valence-corrected chi connectivity index (χ0v) is 14.6. The van der Waals surface area contributed by atoms with Gasteiger partial charge in [0.25, 0.3) is 0 Å². The third-order valence-electron chi connectivity index (χ3n) is 4.63. The van der Waals surface area contributed by atoms with Crippen LogP contribution >= 0.6 is 0 Å². The maximum absolute atomic E-state index is 9.60. The molecule has 0 radical (unpaired) electrons. The number of aryl methyl sites for hydroxylation is 1. The minimum atomic E-state index is 0.539. The van der Waals surface area contributed by atoms with Gasteiger partial charge < -0.3 is 10.6 Å². The van der Waals surface area contributed by atoms with E-state index in [0.717, 1.165) is 22.6 Å². The van der Waals surface area contributed by atoms with E-state index in [-0.39, 0.29) is 0 Å². The molecule has 0 saturated carbocycles. The summed E-state index contributed by atoms with van der Waals surface area (Å²) < 4.78 is 1.70. The average Bonchev–Trinajstić information content (AvgIpc) is 3.26. The van der Waals surface area contributed by atoms with Crippen LogP contribution in [0.1, 0.15) is 5.56 Å². The number of anilines is 2. The molecule has 5 heteroatoms. The molecule has 1 aliphatic rings. The highest BCUT2D eigenvalue weighted by atomic mass is 15.3. The molecule has 0 spiro atoms. The molecule has 1 aliphatic heterocycles. The second-order valence-corrected chi connectivity index (χ2v) is 6.46. The van der Waals surface area contributed by atoms with Gasteiger partial charge in [-0.05, 0) is 19.1 Å². The Labute approximate surface area is 152 Å². The molecule has 0 unspecified atom stereocenters. The predicted octanol–water partition coefficient (Wildman–Crippen LogP) is 3.70. The minimum Gasteiger partial charge on any atom is -0.384 e. The molecular formula is C21H19N5. The highest BCUT2D eigenvalue weighted by Gasteiger charge is 2.25. The molecule has 0 atom stereocenters. The maximum atomic E-state index is 9.60. The van der Waals surface area contributed by atoms with Crippen molar-refractivity contribution in [3.8, 4) is 17.3 Å². The van der Waals surface area contributed by atoms with Crippen LogP contribution in [0.4, 0.5) is 11.5 Å². The third-order valence-corrected chi connectivity index (χ3v) is 4.63. The van der Waals surface area contributed by atoms with Gasteiger partial charge in [0.05, 0.1) is 36.1 Å². The number of nitrogens with zero attached hydrogens (tertiary/aromatic N) is 4. The number of hydrogen-bond donors (Lipinski definition) is 1. The summed E-state index contributed by atoms with van der Waals surface area (Å²) in [6.45, 7) is 3.23. The largest absolute Gasteiger partial charge is 0.384 e. The van der Waals surface area contributed by atoms with Crippen LogP contribution in [0.3, 0.4) is 0 Å². The van der Waals surface area contributed by atoms with E-state index in [1.54, 1.807) is 4.68 Å². The second kappa shape index (κ2) is 6.41. The number of nitrogens with two attached hydrogens (primary N) is 1. The first kappa shape index (κ1) is 16.0. The average molecular weight is 341 g/mol. The first-order valence-electron chi connectivity index (χ1n) is 8.51. The quantitative estimate of drug-likeness (QED) is 0.788. The van der Waals surface area contributed by atoms with Crippen molar-refractivity contribution < 1.29 is 0 Å². The van der Waals surface area contributed by atoms with Crippen LogP contribution in [-0.2, 0) is 0 Å². The molecule has 2 aromatic carbocycles. The number of benzene rings is 2. The summed E-state index contributed by atoms with van der Waals surface area (Å²) in [5.74, 6) is 0.539. The Bertz CT molecular complexity index is 1010. The Morgan fingerprint density at radius 3 is 2.46 bits per heavy atom. The van der Waals surface area contributed by atoms with Gasteiger partial charge in [-0.3, -0.25) is 0 Å². The van der Waals surface area contributed by atoms with Crippen molar-refractivity contribution in [3.05, 3.63) is 71.8 Å². The van der Waals surface area contributed by atoms with Gasteiger partial charge in [-0.2, -0.15) is 10.4 Å². The van der Waals surface area contributed by atoms with Crippen LogP contribution < -0.4 is 10.6 Å². The molecule has 0 fully saturated rings.